The van der Waals surface area contributed by atoms with Crippen LogP contribution in [0.3, 0.4) is 0 Å². The summed E-state index contributed by atoms with van der Waals surface area (Å²) in [5.41, 5.74) is 4.04. The molecule has 2 fully saturated rings. The molecule has 2 bridgehead atoms. The Labute approximate surface area is 391 Å². The number of fused-ring (bicyclic) bond motifs is 6. The summed E-state index contributed by atoms with van der Waals surface area (Å²) in [6, 6.07) is 23.4. The lowest BCUT2D eigenvalue weighted by Crippen LogP contribution is -2.55. The summed E-state index contributed by atoms with van der Waals surface area (Å²) >= 11 is 0. The Balaban J connectivity index is 1.12. The van der Waals surface area contributed by atoms with Crippen LogP contribution in [0.4, 0.5) is 0 Å². The van der Waals surface area contributed by atoms with Gasteiger partial charge in [-0.05, 0) is 136 Å². The summed E-state index contributed by atoms with van der Waals surface area (Å²) in [5, 5.41) is 61.1. The first-order chi connectivity index (χ1) is 32.7. The van der Waals surface area contributed by atoms with Gasteiger partial charge < -0.3 is 59.3 Å². The van der Waals surface area contributed by atoms with Crippen molar-refractivity contribution in [3.63, 3.8) is 0 Å². The highest BCUT2D eigenvalue weighted by Crippen LogP contribution is 2.56. The van der Waals surface area contributed by atoms with E-state index in [4.69, 9.17) is 28.4 Å². The first-order valence-corrected chi connectivity index (χ1v) is 23.9. The Morgan fingerprint density at radius 3 is 2.46 bits per heavy atom. The number of phenolic OH excluding ortho intramolecular Hbond substituents is 3. The topological polar surface area (TPSA) is 169 Å². The number of rotatable bonds is 12. The van der Waals surface area contributed by atoms with Crippen LogP contribution in [0.5, 0.6) is 40.2 Å². The first-order valence-electron chi connectivity index (χ1n) is 23.9. The van der Waals surface area contributed by atoms with Crippen molar-refractivity contribution < 1.29 is 54.0 Å². The number of phenols is 3. The van der Waals surface area contributed by atoms with Gasteiger partial charge in [-0.1, -0.05) is 30.0 Å². The van der Waals surface area contributed by atoms with Crippen LogP contribution in [0.25, 0.3) is 21.9 Å². The highest BCUT2D eigenvalue weighted by atomic mass is 16.5. The Hall–Kier alpha value is -5.68. The molecule has 2 saturated carbocycles. The molecule has 0 aromatic heterocycles. The second-order valence-corrected chi connectivity index (χ2v) is 19.1. The van der Waals surface area contributed by atoms with Crippen molar-refractivity contribution in [2.45, 2.75) is 100 Å². The Morgan fingerprint density at radius 1 is 0.836 bits per heavy atom. The Morgan fingerprint density at radius 2 is 1.66 bits per heavy atom. The SMILES string of the molecule is CNC12CC#CCOc3cc4c(c5ccc(O)cc35)OC(CCCOC)C(C3COc5c(Cc6cc(O)ccc6-c6cccc(O)c6)cc(OC6CCCC6)cc5C3O)C4OC1C(CO)CC2. The number of likely N-dealkylation sites (N-methyl/N-ethyl adjacent to an activating group) is 1. The van der Waals surface area contributed by atoms with Crippen molar-refractivity contribution in [1.29, 1.82) is 0 Å². The van der Waals surface area contributed by atoms with Crippen molar-refractivity contribution >= 4 is 10.8 Å². The van der Waals surface area contributed by atoms with Crippen LogP contribution in [0.15, 0.2) is 78.9 Å². The molecule has 2 aliphatic carbocycles. The van der Waals surface area contributed by atoms with Crippen LogP contribution in [-0.2, 0) is 15.9 Å². The molecule has 8 unspecified atom stereocenters. The van der Waals surface area contributed by atoms with E-state index in [0.29, 0.717) is 66.2 Å². The molecule has 8 atom stereocenters. The van der Waals surface area contributed by atoms with Gasteiger partial charge in [-0.15, -0.1) is 0 Å². The molecular formula is C55H61NO11. The number of methoxy groups -OCH3 is 1. The number of aromatic hydroxyl groups is 3. The van der Waals surface area contributed by atoms with E-state index in [-0.39, 0.29) is 49.1 Å². The molecule has 0 radical (unpaired) electrons. The van der Waals surface area contributed by atoms with E-state index in [1.54, 1.807) is 49.6 Å². The van der Waals surface area contributed by atoms with Crippen molar-refractivity contribution in [3.8, 4) is 63.2 Å². The first kappa shape index (κ1) is 45.1. The van der Waals surface area contributed by atoms with Gasteiger partial charge in [-0.25, -0.2) is 0 Å². The minimum Gasteiger partial charge on any atom is -0.508 e. The highest BCUT2D eigenvalue weighted by molar-refractivity contribution is 5.96. The predicted octanol–water partition coefficient (Wildman–Crippen LogP) is 8.65. The third-order valence-electron chi connectivity index (χ3n) is 15.1. The summed E-state index contributed by atoms with van der Waals surface area (Å²) in [7, 11) is 3.62. The lowest BCUT2D eigenvalue weighted by Gasteiger charge is -2.49. The van der Waals surface area contributed by atoms with Crippen LogP contribution in [-0.4, -0.2) is 90.0 Å². The van der Waals surface area contributed by atoms with Gasteiger partial charge in [0.05, 0.1) is 36.6 Å². The highest BCUT2D eigenvalue weighted by Gasteiger charge is 2.54. The van der Waals surface area contributed by atoms with Gasteiger partial charge in [0.1, 0.15) is 53.0 Å². The van der Waals surface area contributed by atoms with Crippen molar-refractivity contribution in [2.24, 2.45) is 17.8 Å². The quantitative estimate of drug-likeness (QED) is 0.0522. The maximum Gasteiger partial charge on any atom is 0.149 e. The summed E-state index contributed by atoms with van der Waals surface area (Å²) < 4.78 is 40.6. The van der Waals surface area contributed by atoms with E-state index >= 15 is 0 Å². The summed E-state index contributed by atoms with van der Waals surface area (Å²) in [6.07, 6.45) is 4.99. The Bertz CT molecular complexity index is 2670. The zero-order valence-corrected chi connectivity index (χ0v) is 38.2. The van der Waals surface area contributed by atoms with Crippen molar-refractivity contribution in [3.05, 3.63) is 101 Å². The minimum absolute atomic E-state index is 0.0428. The standard InChI is InChI=1S/C55H61NO11/c1-56-55-19-5-6-22-63-48-29-45-52(42-17-15-38(60)27-43(42)48)66-47(13-8-21-62-2)49(53(45)67-54(55)33(30-57)18-20-55)46-31-64-51-35(26-40(28-44(51)50(46)61)65-39-11-3-4-12-39)23-34-25-37(59)14-16-41(34)32-9-7-10-36(58)24-32/h7,9-10,14-17,24-29,33,39,46-47,49-50,53-54,56-61H,3-4,8,11-13,18-23,30-31H2,1-2H3. The van der Waals surface area contributed by atoms with E-state index in [0.717, 1.165) is 71.7 Å². The zero-order chi connectivity index (χ0) is 46.2. The van der Waals surface area contributed by atoms with Crippen molar-refractivity contribution in [1.82, 2.24) is 5.32 Å². The van der Waals surface area contributed by atoms with Crippen LogP contribution < -0.4 is 24.3 Å². The molecule has 6 N–H and O–H groups in total. The lowest BCUT2D eigenvalue weighted by molar-refractivity contribution is -0.156. The molecule has 5 aliphatic rings. The lowest BCUT2D eigenvalue weighted by atomic mass is 9.72. The molecule has 12 heteroatoms. The summed E-state index contributed by atoms with van der Waals surface area (Å²) in [4.78, 5) is 0. The number of nitrogens with one attached hydrogen (secondary N) is 1. The molecule has 0 spiro atoms. The largest absolute Gasteiger partial charge is 0.508 e. The van der Waals surface area contributed by atoms with E-state index in [1.807, 2.05) is 43.4 Å². The molecule has 352 valence electrons. The summed E-state index contributed by atoms with van der Waals surface area (Å²) in [6.45, 7) is 0.701. The average molecular weight is 912 g/mol. The average Bonchev–Trinajstić information content (AvgIpc) is 3.97. The number of aliphatic hydroxyl groups excluding tert-OH is 2. The second kappa shape index (κ2) is 19.1. The van der Waals surface area contributed by atoms with E-state index in [1.165, 1.54) is 0 Å². The molecule has 12 nitrogen and oxygen atoms in total. The molecule has 5 aromatic carbocycles. The molecular weight excluding hydrogens is 851 g/mol. The molecule has 67 heavy (non-hydrogen) atoms. The fourth-order valence-electron chi connectivity index (χ4n) is 11.7. The zero-order valence-electron chi connectivity index (χ0n) is 38.2. The number of aliphatic hydroxyl groups is 2. The third kappa shape index (κ3) is 8.73. The maximum atomic E-state index is 13.2. The van der Waals surface area contributed by atoms with E-state index in [2.05, 4.69) is 17.2 Å². The second-order valence-electron chi connectivity index (χ2n) is 19.1. The molecule has 0 saturated heterocycles. The third-order valence-corrected chi connectivity index (χ3v) is 15.1. The van der Waals surface area contributed by atoms with Gasteiger partial charge in [-0.3, -0.25) is 0 Å². The Kier molecular flexibility index (Phi) is 12.9. The molecule has 3 aliphatic heterocycles. The molecule has 3 heterocycles. The monoisotopic (exact) mass is 911 g/mol. The number of benzene rings is 5. The maximum absolute atomic E-state index is 13.2. The summed E-state index contributed by atoms with van der Waals surface area (Å²) in [5.74, 6) is 8.04. The number of hydrogen-bond donors (Lipinski definition) is 6. The van der Waals surface area contributed by atoms with Crippen LogP contribution in [0.2, 0.25) is 0 Å². The fourth-order valence-corrected chi connectivity index (χ4v) is 11.7. The van der Waals surface area contributed by atoms with Gasteiger partial charge in [-0.2, -0.15) is 0 Å². The van der Waals surface area contributed by atoms with Crippen LogP contribution >= 0.6 is 0 Å². The van der Waals surface area contributed by atoms with Gasteiger partial charge in [0.25, 0.3) is 0 Å². The van der Waals surface area contributed by atoms with E-state index in [9.17, 15) is 25.5 Å². The van der Waals surface area contributed by atoms with Crippen LogP contribution in [0, 0.1) is 29.6 Å². The van der Waals surface area contributed by atoms with Gasteiger partial charge in [0, 0.05) is 78.4 Å². The van der Waals surface area contributed by atoms with Crippen LogP contribution in [0.1, 0.15) is 92.2 Å². The molecule has 0 amide bonds. The predicted molar refractivity (Wildman–Crippen MR) is 253 cm³/mol. The smallest absolute Gasteiger partial charge is 0.149 e. The van der Waals surface area contributed by atoms with Gasteiger partial charge in [0.2, 0.25) is 0 Å². The number of hydrogen-bond acceptors (Lipinski definition) is 12. The molecule has 5 aromatic rings. The van der Waals surface area contributed by atoms with Gasteiger partial charge >= 0.3 is 0 Å². The van der Waals surface area contributed by atoms with E-state index < -0.39 is 41.8 Å². The minimum atomic E-state index is -1.06. The molecule has 10 rings (SSSR count). The van der Waals surface area contributed by atoms with Gasteiger partial charge in [0.15, 0.2) is 0 Å². The van der Waals surface area contributed by atoms with Crippen molar-refractivity contribution in [2.75, 3.05) is 40.6 Å². The number of ether oxygens (including phenoxy) is 6. The fraction of sp³-hybridized carbons (Fsp3) is 0.455. The normalized spacial score (nSPS) is 26.7.